The van der Waals surface area contributed by atoms with E-state index in [1.54, 1.807) is 6.20 Å². The lowest BCUT2D eigenvalue weighted by Crippen LogP contribution is -2.35. The molecule has 3 aromatic heterocycles. The SMILES string of the molecule is CC(C)C[C@@H](NC(=O)OC(C)(C)C)c1nc2ccc(-c3[nH]nc4ncccc34)cc2[nH]1. The molecule has 0 aliphatic rings. The van der Waals surface area contributed by atoms with Crippen molar-refractivity contribution in [1.82, 2.24) is 30.5 Å². The second-order valence-corrected chi connectivity index (χ2v) is 9.16. The van der Waals surface area contributed by atoms with Gasteiger partial charge in [-0.1, -0.05) is 19.9 Å². The number of benzene rings is 1. The summed E-state index contributed by atoms with van der Waals surface area (Å²) >= 11 is 0. The second kappa shape index (κ2) is 8.02. The van der Waals surface area contributed by atoms with E-state index in [-0.39, 0.29) is 6.04 Å². The highest BCUT2D eigenvalue weighted by Crippen LogP contribution is 2.29. The number of aromatic nitrogens is 5. The summed E-state index contributed by atoms with van der Waals surface area (Å²) in [5.41, 5.74) is 3.74. The van der Waals surface area contributed by atoms with E-state index in [1.807, 2.05) is 51.1 Å². The third kappa shape index (κ3) is 4.68. The zero-order chi connectivity index (χ0) is 22.2. The molecule has 8 heteroatoms. The van der Waals surface area contributed by atoms with Crippen LogP contribution >= 0.6 is 0 Å². The van der Waals surface area contributed by atoms with Crippen LogP contribution in [0.5, 0.6) is 0 Å². The quantitative estimate of drug-likeness (QED) is 0.415. The fraction of sp³-hybridized carbons (Fsp3) is 0.391. The first-order valence-electron chi connectivity index (χ1n) is 10.5. The molecule has 3 heterocycles. The van der Waals surface area contributed by atoms with Crippen molar-refractivity contribution in [2.75, 3.05) is 0 Å². The minimum Gasteiger partial charge on any atom is -0.444 e. The van der Waals surface area contributed by atoms with Gasteiger partial charge in [0, 0.05) is 17.1 Å². The van der Waals surface area contributed by atoms with Crippen LogP contribution in [0.3, 0.4) is 0 Å². The van der Waals surface area contributed by atoms with Crippen molar-refractivity contribution in [1.29, 1.82) is 0 Å². The Labute approximate surface area is 180 Å². The number of pyridine rings is 1. The monoisotopic (exact) mass is 420 g/mol. The van der Waals surface area contributed by atoms with E-state index < -0.39 is 11.7 Å². The summed E-state index contributed by atoms with van der Waals surface area (Å²) in [6, 6.07) is 9.62. The number of imidazole rings is 1. The van der Waals surface area contributed by atoms with Gasteiger partial charge in [0.05, 0.1) is 22.8 Å². The number of aromatic amines is 2. The van der Waals surface area contributed by atoms with Crippen molar-refractivity contribution >= 4 is 28.2 Å². The van der Waals surface area contributed by atoms with Crippen LogP contribution in [-0.2, 0) is 4.74 Å². The summed E-state index contributed by atoms with van der Waals surface area (Å²) in [5, 5.41) is 11.3. The predicted molar refractivity (Wildman–Crippen MR) is 121 cm³/mol. The summed E-state index contributed by atoms with van der Waals surface area (Å²) in [4.78, 5) is 24.8. The van der Waals surface area contributed by atoms with Crippen LogP contribution in [0.1, 0.15) is 52.9 Å². The zero-order valence-electron chi connectivity index (χ0n) is 18.5. The lowest BCUT2D eigenvalue weighted by Gasteiger charge is -2.23. The molecule has 0 aliphatic carbocycles. The van der Waals surface area contributed by atoms with Crippen molar-refractivity contribution in [2.24, 2.45) is 5.92 Å². The Morgan fingerprint density at radius 3 is 2.77 bits per heavy atom. The van der Waals surface area contributed by atoms with Crippen molar-refractivity contribution in [2.45, 2.75) is 52.7 Å². The van der Waals surface area contributed by atoms with E-state index in [0.717, 1.165) is 34.1 Å². The van der Waals surface area contributed by atoms with Gasteiger partial charge in [-0.25, -0.2) is 14.8 Å². The van der Waals surface area contributed by atoms with Crippen LogP contribution in [0.15, 0.2) is 36.5 Å². The van der Waals surface area contributed by atoms with E-state index in [4.69, 9.17) is 9.72 Å². The molecule has 0 fully saturated rings. The minimum atomic E-state index is -0.559. The van der Waals surface area contributed by atoms with Gasteiger partial charge in [-0.3, -0.25) is 5.10 Å². The maximum atomic E-state index is 12.4. The predicted octanol–water partition coefficient (Wildman–Crippen LogP) is 5.11. The second-order valence-electron chi connectivity index (χ2n) is 9.16. The van der Waals surface area contributed by atoms with Crippen molar-refractivity contribution < 1.29 is 9.53 Å². The Bertz CT molecular complexity index is 1220. The van der Waals surface area contributed by atoms with Gasteiger partial charge in [0.15, 0.2) is 5.65 Å². The Morgan fingerprint density at radius 1 is 1.23 bits per heavy atom. The van der Waals surface area contributed by atoms with Crippen LogP contribution in [0.25, 0.3) is 33.3 Å². The molecule has 4 aromatic rings. The summed E-state index contributed by atoms with van der Waals surface area (Å²) < 4.78 is 5.45. The number of rotatable bonds is 5. The summed E-state index contributed by atoms with van der Waals surface area (Å²) in [7, 11) is 0. The van der Waals surface area contributed by atoms with E-state index in [9.17, 15) is 4.79 Å². The van der Waals surface area contributed by atoms with E-state index in [2.05, 4.69) is 39.3 Å². The highest BCUT2D eigenvalue weighted by molar-refractivity contribution is 5.93. The van der Waals surface area contributed by atoms with Gasteiger partial charge in [0.2, 0.25) is 0 Å². The molecule has 0 unspecified atom stereocenters. The molecule has 8 nitrogen and oxygen atoms in total. The van der Waals surface area contributed by atoms with Crippen LogP contribution in [0, 0.1) is 5.92 Å². The van der Waals surface area contributed by atoms with Gasteiger partial charge in [-0.15, -0.1) is 0 Å². The van der Waals surface area contributed by atoms with Crippen LogP contribution in [0.2, 0.25) is 0 Å². The Morgan fingerprint density at radius 2 is 2.03 bits per heavy atom. The van der Waals surface area contributed by atoms with Crippen LogP contribution < -0.4 is 5.32 Å². The molecular weight excluding hydrogens is 392 g/mol. The van der Waals surface area contributed by atoms with Crippen molar-refractivity contribution in [3.63, 3.8) is 0 Å². The maximum Gasteiger partial charge on any atom is 0.408 e. The molecule has 0 saturated carbocycles. The lowest BCUT2D eigenvalue weighted by atomic mass is 10.0. The number of amides is 1. The molecule has 162 valence electrons. The number of nitrogens with zero attached hydrogens (tertiary/aromatic N) is 3. The van der Waals surface area contributed by atoms with Gasteiger partial charge in [-0.05, 0) is 57.4 Å². The minimum absolute atomic E-state index is 0.275. The molecule has 0 spiro atoms. The van der Waals surface area contributed by atoms with Crippen LogP contribution in [0.4, 0.5) is 4.79 Å². The smallest absolute Gasteiger partial charge is 0.408 e. The van der Waals surface area contributed by atoms with E-state index in [1.165, 1.54) is 0 Å². The molecule has 1 atom stereocenters. The summed E-state index contributed by atoms with van der Waals surface area (Å²) in [5.74, 6) is 1.08. The number of fused-ring (bicyclic) bond motifs is 2. The molecule has 4 rings (SSSR count). The third-order valence-electron chi connectivity index (χ3n) is 4.85. The zero-order valence-corrected chi connectivity index (χ0v) is 18.5. The average Bonchev–Trinajstić information content (AvgIpc) is 3.29. The van der Waals surface area contributed by atoms with Gasteiger partial charge in [0.25, 0.3) is 0 Å². The van der Waals surface area contributed by atoms with Gasteiger partial charge in [-0.2, -0.15) is 5.10 Å². The number of hydrogen-bond acceptors (Lipinski definition) is 5. The topological polar surface area (TPSA) is 109 Å². The highest BCUT2D eigenvalue weighted by Gasteiger charge is 2.23. The molecule has 0 radical (unpaired) electrons. The molecule has 1 aromatic carbocycles. The standard InChI is InChI=1S/C23H28N6O2/c1-13(2)11-18(27-22(30)31-23(3,4)5)21-25-16-9-8-14(12-17(16)26-21)19-15-7-6-10-24-20(15)29-28-19/h6-10,12-13,18H,11H2,1-5H3,(H,25,26)(H,27,30)(H,24,28,29)/t18-/m1/s1. The fourth-order valence-corrected chi connectivity index (χ4v) is 3.58. The van der Waals surface area contributed by atoms with Crippen molar-refractivity contribution in [3.05, 3.63) is 42.4 Å². The number of carbonyl (C=O) groups is 1. The van der Waals surface area contributed by atoms with Crippen LogP contribution in [-0.4, -0.2) is 36.8 Å². The lowest BCUT2D eigenvalue weighted by molar-refractivity contribution is 0.0495. The molecule has 0 bridgehead atoms. The molecule has 0 saturated heterocycles. The first kappa shape index (κ1) is 20.8. The Kier molecular flexibility index (Phi) is 5.39. The fourth-order valence-electron chi connectivity index (χ4n) is 3.58. The number of nitrogens with one attached hydrogen (secondary N) is 3. The normalized spacial score (nSPS) is 13.1. The molecule has 3 N–H and O–H groups in total. The third-order valence-corrected chi connectivity index (χ3v) is 4.85. The van der Waals surface area contributed by atoms with E-state index in [0.29, 0.717) is 17.4 Å². The average molecular weight is 421 g/mol. The summed E-state index contributed by atoms with van der Waals surface area (Å²) in [6.07, 6.45) is 2.02. The molecule has 1 amide bonds. The number of H-pyrrole nitrogens is 2. The number of ether oxygens (including phenoxy) is 1. The number of hydrogen-bond donors (Lipinski definition) is 3. The van der Waals surface area contributed by atoms with Gasteiger partial charge >= 0.3 is 6.09 Å². The van der Waals surface area contributed by atoms with Gasteiger partial charge in [0.1, 0.15) is 11.4 Å². The van der Waals surface area contributed by atoms with Crippen molar-refractivity contribution in [3.8, 4) is 11.3 Å². The molecular formula is C23H28N6O2. The molecule has 0 aliphatic heterocycles. The largest absolute Gasteiger partial charge is 0.444 e. The first-order valence-corrected chi connectivity index (χ1v) is 10.5. The first-order chi connectivity index (χ1) is 14.7. The Balaban J connectivity index is 1.65. The van der Waals surface area contributed by atoms with Gasteiger partial charge < -0.3 is 15.0 Å². The number of carbonyl (C=O) groups excluding carboxylic acids is 1. The highest BCUT2D eigenvalue weighted by atomic mass is 16.6. The maximum absolute atomic E-state index is 12.4. The Hall–Kier alpha value is -3.42. The number of alkyl carbamates (subject to hydrolysis) is 1. The van der Waals surface area contributed by atoms with E-state index >= 15 is 0 Å². The summed E-state index contributed by atoms with van der Waals surface area (Å²) in [6.45, 7) is 9.77. The molecule has 31 heavy (non-hydrogen) atoms.